The molecule has 1 unspecified atom stereocenters. The van der Waals surface area contributed by atoms with Crippen LogP contribution in [0, 0.1) is 0 Å². The Morgan fingerprint density at radius 1 is 1.41 bits per heavy atom. The van der Waals surface area contributed by atoms with Crippen molar-refractivity contribution in [2.24, 2.45) is 0 Å². The van der Waals surface area contributed by atoms with Crippen molar-refractivity contribution in [3.05, 3.63) is 0 Å². The molecule has 1 heterocycles. The van der Waals surface area contributed by atoms with Gasteiger partial charge in [0.2, 0.25) is 5.91 Å². The lowest BCUT2D eigenvalue weighted by atomic mass is 10.3. The molecule has 1 saturated heterocycles. The molecular weight excluding hydrogens is 325 g/mol. The van der Waals surface area contributed by atoms with Crippen molar-refractivity contribution in [2.45, 2.75) is 53.1 Å². The molecule has 1 rings (SSSR count). The summed E-state index contributed by atoms with van der Waals surface area (Å²) in [6, 6.07) is 0. The Morgan fingerprint density at radius 2 is 2.09 bits per heavy atom. The Labute approximate surface area is 138 Å². The van der Waals surface area contributed by atoms with Crippen LogP contribution in [0.4, 0.5) is 0 Å². The average molecular weight is 355 g/mol. The molecule has 132 valence electrons. The van der Waals surface area contributed by atoms with Crippen LogP contribution in [-0.4, -0.2) is 53.0 Å². The van der Waals surface area contributed by atoms with Crippen LogP contribution in [0.25, 0.3) is 0 Å². The van der Waals surface area contributed by atoms with E-state index in [1.54, 1.807) is 11.8 Å². The first-order valence-electron chi connectivity index (χ1n) is 7.99. The van der Waals surface area contributed by atoms with Crippen molar-refractivity contribution in [3.8, 4) is 0 Å². The molecule has 0 aliphatic carbocycles. The highest BCUT2D eigenvalue weighted by Crippen LogP contribution is 2.45. The van der Waals surface area contributed by atoms with Gasteiger partial charge in [-0.2, -0.15) is 11.8 Å². The number of amides is 1. The molecule has 2 atom stereocenters. The highest BCUT2D eigenvalue weighted by Gasteiger charge is 2.32. The summed E-state index contributed by atoms with van der Waals surface area (Å²) < 4.78 is 21.2. The van der Waals surface area contributed by atoms with Crippen LogP contribution in [0.15, 0.2) is 0 Å². The van der Waals surface area contributed by atoms with E-state index in [4.69, 9.17) is 4.52 Å². The van der Waals surface area contributed by atoms with Crippen LogP contribution in [-0.2, 0) is 18.4 Å². The lowest BCUT2D eigenvalue weighted by Gasteiger charge is -2.18. The number of phosphoric ester groups is 1. The van der Waals surface area contributed by atoms with E-state index < -0.39 is 13.9 Å². The van der Waals surface area contributed by atoms with E-state index in [0.717, 1.165) is 17.9 Å². The number of likely N-dealkylation sites (tertiary alicyclic amines) is 1. The summed E-state index contributed by atoms with van der Waals surface area (Å²) in [5.74, 6) is 2.15. The first-order chi connectivity index (χ1) is 10.5. The molecule has 1 N–H and O–H groups in total. The minimum Gasteiger partial charge on any atom is -0.340 e. The summed E-state index contributed by atoms with van der Waals surface area (Å²) in [6.45, 7) is 8.80. The van der Waals surface area contributed by atoms with Gasteiger partial charge in [0.15, 0.2) is 0 Å². The van der Waals surface area contributed by atoms with Crippen LogP contribution in [0.3, 0.4) is 0 Å². The number of nitrogens with zero attached hydrogens (tertiary/aromatic N) is 1. The van der Waals surface area contributed by atoms with E-state index in [1.807, 2.05) is 25.6 Å². The zero-order valence-corrected chi connectivity index (χ0v) is 15.8. The standard InChI is InChI=1S/C12H24NO5PS.C2H6/c1-3-17-19(15,16)18-11-7-8-13(10-11)12(14)6-5-9-20-4-2;1-2/h11H,3-10H2,1-2H3,(H,15,16);1-2H3/t11-;/m1./s1. The lowest BCUT2D eigenvalue weighted by molar-refractivity contribution is -0.130. The van der Waals surface area contributed by atoms with E-state index in [0.29, 0.717) is 25.9 Å². The minimum absolute atomic E-state index is 0.0944. The second-order valence-electron chi connectivity index (χ2n) is 4.54. The fourth-order valence-electron chi connectivity index (χ4n) is 2.05. The van der Waals surface area contributed by atoms with E-state index in [9.17, 15) is 14.3 Å². The summed E-state index contributed by atoms with van der Waals surface area (Å²) in [6.07, 6.45) is 1.57. The van der Waals surface area contributed by atoms with Gasteiger partial charge in [0.05, 0.1) is 12.7 Å². The van der Waals surface area contributed by atoms with E-state index in [-0.39, 0.29) is 12.5 Å². The molecule has 0 aromatic heterocycles. The maximum absolute atomic E-state index is 11.9. The van der Waals surface area contributed by atoms with Gasteiger partial charge in [0.1, 0.15) is 0 Å². The largest absolute Gasteiger partial charge is 0.472 e. The Hall–Kier alpha value is -0.0700. The smallest absolute Gasteiger partial charge is 0.340 e. The van der Waals surface area contributed by atoms with Crippen molar-refractivity contribution >= 4 is 25.5 Å². The lowest BCUT2D eigenvalue weighted by Crippen LogP contribution is -2.29. The molecule has 1 amide bonds. The summed E-state index contributed by atoms with van der Waals surface area (Å²) >= 11 is 1.82. The van der Waals surface area contributed by atoms with E-state index in [2.05, 4.69) is 11.4 Å². The molecule has 0 bridgehead atoms. The molecule has 0 aromatic carbocycles. The Balaban J connectivity index is 0.00000211. The molecule has 8 heteroatoms. The number of phosphoric acid groups is 1. The van der Waals surface area contributed by atoms with Crippen molar-refractivity contribution in [2.75, 3.05) is 31.2 Å². The minimum atomic E-state index is -3.97. The summed E-state index contributed by atoms with van der Waals surface area (Å²) in [4.78, 5) is 23.1. The van der Waals surface area contributed by atoms with Gasteiger partial charge in [-0.05, 0) is 31.3 Å². The Morgan fingerprint density at radius 3 is 2.68 bits per heavy atom. The molecule has 1 fully saturated rings. The predicted molar refractivity (Wildman–Crippen MR) is 91.1 cm³/mol. The van der Waals surface area contributed by atoms with Crippen LogP contribution in [0.2, 0.25) is 0 Å². The normalized spacial score (nSPS) is 20.2. The number of carbonyl (C=O) groups is 1. The molecule has 0 spiro atoms. The van der Waals surface area contributed by atoms with Crippen LogP contribution >= 0.6 is 19.6 Å². The molecule has 0 saturated carbocycles. The van der Waals surface area contributed by atoms with Crippen molar-refractivity contribution in [1.29, 1.82) is 0 Å². The fourth-order valence-corrected chi connectivity index (χ4v) is 3.62. The van der Waals surface area contributed by atoms with Crippen molar-refractivity contribution < 1.29 is 23.3 Å². The second kappa shape index (κ2) is 12.4. The maximum atomic E-state index is 11.9. The topological polar surface area (TPSA) is 76.1 Å². The molecule has 1 aliphatic rings. The van der Waals surface area contributed by atoms with Crippen molar-refractivity contribution in [1.82, 2.24) is 4.90 Å². The Bertz CT molecular complexity index is 356. The second-order valence-corrected chi connectivity index (χ2v) is 7.34. The Kier molecular flexibility index (Phi) is 12.3. The van der Waals surface area contributed by atoms with Gasteiger partial charge in [0, 0.05) is 19.5 Å². The monoisotopic (exact) mass is 355 g/mol. The molecular formula is C14H30NO5PS. The molecule has 0 aromatic rings. The van der Waals surface area contributed by atoms with Gasteiger partial charge < -0.3 is 9.79 Å². The van der Waals surface area contributed by atoms with E-state index >= 15 is 0 Å². The fraction of sp³-hybridized carbons (Fsp3) is 0.929. The molecule has 22 heavy (non-hydrogen) atoms. The third-order valence-electron chi connectivity index (χ3n) is 2.96. The van der Waals surface area contributed by atoms with Crippen molar-refractivity contribution in [3.63, 3.8) is 0 Å². The molecule has 6 nitrogen and oxygen atoms in total. The van der Waals surface area contributed by atoms with Gasteiger partial charge >= 0.3 is 7.82 Å². The number of hydrogen-bond donors (Lipinski definition) is 1. The van der Waals surface area contributed by atoms with Gasteiger partial charge in [-0.1, -0.05) is 20.8 Å². The first kappa shape index (κ1) is 21.9. The molecule has 0 radical (unpaired) electrons. The van der Waals surface area contributed by atoms with Gasteiger partial charge in [-0.3, -0.25) is 13.8 Å². The highest BCUT2D eigenvalue weighted by molar-refractivity contribution is 7.99. The SMILES string of the molecule is CC.CCOP(=O)(O)O[C@@H]1CCN(C(=O)CCCSCC)C1. The van der Waals surface area contributed by atoms with E-state index in [1.165, 1.54) is 0 Å². The van der Waals surface area contributed by atoms with Crippen LogP contribution in [0.1, 0.15) is 47.0 Å². The average Bonchev–Trinajstić information content (AvgIpc) is 2.93. The highest BCUT2D eigenvalue weighted by atomic mass is 32.2. The number of carbonyl (C=O) groups excluding carboxylic acids is 1. The predicted octanol–water partition coefficient (Wildman–Crippen LogP) is 3.30. The first-order valence-corrected chi connectivity index (χ1v) is 10.6. The summed E-state index contributed by atoms with van der Waals surface area (Å²) in [7, 11) is -3.97. The van der Waals surface area contributed by atoms with Gasteiger partial charge in [0.25, 0.3) is 0 Å². The summed E-state index contributed by atoms with van der Waals surface area (Å²) in [5, 5.41) is 0. The summed E-state index contributed by atoms with van der Waals surface area (Å²) in [5.41, 5.74) is 0. The number of hydrogen-bond acceptors (Lipinski definition) is 5. The quantitative estimate of drug-likeness (QED) is 0.505. The zero-order valence-electron chi connectivity index (χ0n) is 14.1. The third-order valence-corrected chi connectivity index (χ3v) is 5.09. The van der Waals surface area contributed by atoms with Crippen LogP contribution < -0.4 is 0 Å². The van der Waals surface area contributed by atoms with Gasteiger partial charge in [-0.15, -0.1) is 0 Å². The third kappa shape index (κ3) is 9.16. The maximum Gasteiger partial charge on any atom is 0.472 e. The zero-order chi connectivity index (χ0) is 17.0. The number of thioether (sulfide) groups is 1. The number of rotatable bonds is 9. The van der Waals surface area contributed by atoms with Gasteiger partial charge in [-0.25, -0.2) is 4.57 Å². The molecule has 1 aliphatic heterocycles. The van der Waals surface area contributed by atoms with Crippen LogP contribution in [0.5, 0.6) is 0 Å².